The molecule has 1 N–H and O–H groups in total. The first-order chi connectivity index (χ1) is 13.0. The first-order valence-corrected chi connectivity index (χ1v) is 9.74. The summed E-state index contributed by atoms with van der Waals surface area (Å²) >= 11 is 0. The van der Waals surface area contributed by atoms with Crippen molar-refractivity contribution in [3.63, 3.8) is 0 Å². The van der Waals surface area contributed by atoms with Crippen molar-refractivity contribution in [2.75, 3.05) is 6.54 Å². The molecule has 0 spiro atoms. The molecular weight excluding hydrogens is 340 g/mol. The quantitative estimate of drug-likeness (QED) is 0.904. The van der Waals surface area contributed by atoms with E-state index in [1.165, 1.54) is 6.42 Å². The van der Waals surface area contributed by atoms with Gasteiger partial charge in [0.05, 0.1) is 18.2 Å². The molecule has 1 atom stereocenters. The highest BCUT2D eigenvalue weighted by Gasteiger charge is 2.30. The summed E-state index contributed by atoms with van der Waals surface area (Å²) in [6.07, 6.45) is 5.62. The van der Waals surface area contributed by atoms with E-state index in [1.54, 1.807) is 0 Å². The monoisotopic (exact) mass is 366 g/mol. The zero-order valence-corrected chi connectivity index (χ0v) is 15.9. The number of imidazole rings is 1. The van der Waals surface area contributed by atoms with Crippen molar-refractivity contribution < 1.29 is 9.59 Å². The molecule has 1 aromatic carbocycles. The number of hydrogen-bond donors (Lipinski definition) is 1. The van der Waals surface area contributed by atoms with E-state index in [4.69, 9.17) is 0 Å². The summed E-state index contributed by atoms with van der Waals surface area (Å²) in [7, 11) is 0. The maximum atomic E-state index is 12.9. The fourth-order valence-electron chi connectivity index (χ4n) is 3.85. The number of aromatic nitrogens is 2. The molecule has 1 fully saturated rings. The van der Waals surface area contributed by atoms with E-state index >= 15 is 0 Å². The maximum Gasteiger partial charge on any atom is 0.254 e. The van der Waals surface area contributed by atoms with Crippen molar-refractivity contribution in [2.45, 2.75) is 58.2 Å². The van der Waals surface area contributed by atoms with Crippen LogP contribution in [0.25, 0.3) is 0 Å². The molecule has 1 saturated carbocycles. The molecule has 1 unspecified atom stereocenters. The second-order valence-corrected chi connectivity index (χ2v) is 7.70. The van der Waals surface area contributed by atoms with Crippen LogP contribution in [0.15, 0.2) is 30.5 Å². The van der Waals surface area contributed by atoms with Crippen LogP contribution in [0.5, 0.6) is 0 Å². The molecule has 4 rings (SSSR count). The molecule has 1 aliphatic heterocycles. The molecule has 2 heterocycles. The first-order valence-electron chi connectivity index (χ1n) is 9.74. The van der Waals surface area contributed by atoms with E-state index in [0.29, 0.717) is 31.1 Å². The number of amides is 2. The van der Waals surface area contributed by atoms with Crippen LogP contribution in [-0.4, -0.2) is 38.9 Å². The van der Waals surface area contributed by atoms with E-state index in [0.717, 1.165) is 29.9 Å². The van der Waals surface area contributed by atoms with Crippen LogP contribution < -0.4 is 5.32 Å². The van der Waals surface area contributed by atoms with Crippen LogP contribution in [0.4, 0.5) is 0 Å². The van der Waals surface area contributed by atoms with Crippen LogP contribution in [0.1, 0.15) is 59.7 Å². The van der Waals surface area contributed by atoms with Gasteiger partial charge in [-0.3, -0.25) is 9.59 Å². The molecule has 6 nitrogen and oxygen atoms in total. The van der Waals surface area contributed by atoms with Gasteiger partial charge in [-0.2, -0.15) is 0 Å². The van der Waals surface area contributed by atoms with Gasteiger partial charge >= 0.3 is 0 Å². The second-order valence-electron chi connectivity index (χ2n) is 7.70. The highest BCUT2D eigenvalue weighted by Crippen LogP contribution is 2.27. The molecule has 2 aliphatic rings. The lowest BCUT2D eigenvalue weighted by molar-refractivity contribution is -0.121. The maximum absolute atomic E-state index is 12.9. The Morgan fingerprint density at radius 3 is 2.78 bits per heavy atom. The molecule has 0 radical (unpaired) electrons. The Bertz CT molecular complexity index is 869. The Labute approximate surface area is 159 Å². The average molecular weight is 366 g/mol. The normalized spacial score (nSPS) is 19.3. The lowest BCUT2D eigenvalue weighted by Crippen LogP contribution is -2.41. The Kier molecular flexibility index (Phi) is 4.72. The Morgan fingerprint density at radius 1 is 1.26 bits per heavy atom. The third-order valence-corrected chi connectivity index (χ3v) is 5.62. The van der Waals surface area contributed by atoms with Crippen molar-refractivity contribution in [3.05, 3.63) is 53.1 Å². The van der Waals surface area contributed by atoms with Gasteiger partial charge in [0, 0.05) is 30.9 Å². The number of aryl methyl sites for hydroxylation is 1. The van der Waals surface area contributed by atoms with Crippen LogP contribution in [0, 0.1) is 6.92 Å². The van der Waals surface area contributed by atoms with Crippen molar-refractivity contribution in [2.24, 2.45) is 0 Å². The zero-order chi connectivity index (χ0) is 19.0. The van der Waals surface area contributed by atoms with Crippen LogP contribution in [-0.2, 0) is 17.8 Å². The van der Waals surface area contributed by atoms with Gasteiger partial charge in [-0.15, -0.1) is 0 Å². The van der Waals surface area contributed by atoms with E-state index in [-0.39, 0.29) is 17.9 Å². The van der Waals surface area contributed by atoms with Crippen molar-refractivity contribution in [1.29, 1.82) is 0 Å². The molecule has 142 valence electrons. The summed E-state index contributed by atoms with van der Waals surface area (Å²) < 4.78 is 2.08. The van der Waals surface area contributed by atoms with Gasteiger partial charge in [-0.05, 0) is 45.2 Å². The van der Waals surface area contributed by atoms with Crippen LogP contribution in [0.2, 0.25) is 0 Å². The summed E-state index contributed by atoms with van der Waals surface area (Å²) in [5.41, 5.74) is 2.56. The minimum Gasteiger partial charge on any atom is -0.353 e. The Hall–Kier alpha value is -2.63. The molecule has 1 aliphatic carbocycles. The molecule has 27 heavy (non-hydrogen) atoms. The van der Waals surface area contributed by atoms with Gasteiger partial charge in [0.25, 0.3) is 5.91 Å². The number of benzene rings is 1. The molecule has 1 aromatic heterocycles. The fraction of sp³-hybridized carbons (Fsp3) is 0.476. The van der Waals surface area contributed by atoms with Gasteiger partial charge < -0.3 is 14.8 Å². The summed E-state index contributed by atoms with van der Waals surface area (Å²) in [6.45, 7) is 5.34. The highest BCUT2D eigenvalue weighted by molar-refractivity contribution is 5.94. The smallest absolute Gasteiger partial charge is 0.254 e. The van der Waals surface area contributed by atoms with E-state index in [1.807, 2.05) is 49.2 Å². The average Bonchev–Trinajstić information content (AvgIpc) is 3.01. The predicted octanol–water partition coefficient (Wildman–Crippen LogP) is 2.62. The lowest BCUT2D eigenvalue weighted by Gasteiger charge is -2.33. The van der Waals surface area contributed by atoms with Gasteiger partial charge in [0.15, 0.2) is 0 Å². The van der Waals surface area contributed by atoms with Gasteiger partial charge in [0.2, 0.25) is 5.91 Å². The molecule has 0 bridgehead atoms. The largest absolute Gasteiger partial charge is 0.353 e. The number of carbonyl (C=O) groups excluding carboxylic acids is 2. The summed E-state index contributed by atoms with van der Waals surface area (Å²) in [4.78, 5) is 31.7. The summed E-state index contributed by atoms with van der Waals surface area (Å²) in [6, 6.07) is 7.92. The van der Waals surface area contributed by atoms with E-state index < -0.39 is 0 Å². The topological polar surface area (TPSA) is 67.2 Å². The third-order valence-electron chi connectivity index (χ3n) is 5.62. The van der Waals surface area contributed by atoms with Crippen molar-refractivity contribution >= 4 is 11.8 Å². The van der Waals surface area contributed by atoms with Crippen LogP contribution in [0.3, 0.4) is 0 Å². The van der Waals surface area contributed by atoms with E-state index in [2.05, 4.69) is 14.9 Å². The minimum atomic E-state index is -0.116. The van der Waals surface area contributed by atoms with Crippen molar-refractivity contribution in [3.8, 4) is 0 Å². The summed E-state index contributed by atoms with van der Waals surface area (Å²) in [5, 5.41) is 3.06. The number of nitrogens with one attached hydrogen (secondary N) is 1. The molecule has 0 saturated heterocycles. The Balaban J connectivity index is 1.47. The highest BCUT2D eigenvalue weighted by atomic mass is 16.2. The Morgan fingerprint density at radius 2 is 2.07 bits per heavy atom. The van der Waals surface area contributed by atoms with Crippen molar-refractivity contribution in [1.82, 2.24) is 19.8 Å². The lowest BCUT2D eigenvalue weighted by atomic mass is 9.93. The minimum absolute atomic E-state index is 0.0322. The van der Waals surface area contributed by atoms with Crippen LogP contribution >= 0.6 is 0 Å². The van der Waals surface area contributed by atoms with Gasteiger partial charge in [-0.1, -0.05) is 17.7 Å². The zero-order valence-electron chi connectivity index (χ0n) is 15.9. The number of nitrogens with zero attached hydrogens (tertiary/aromatic N) is 3. The number of hydrogen-bond acceptors (Lipinski definition) is 3. The second kappa shape index (κ2) is 7.18. The summed E-state index contributed by atoms with van der Waals surface area (Å²) in [5.74, 6) is 0.925. The molecule has 2 amide bonds. The molecule has 2 aromatic rings. The predicted molar refractivity (Wildman–Crippen MR) is 102 cm³/mol. The standard InChI is InChI=1S/C21H26N4O2/c1-14-5-3-6-16(11-14)21(27)25-10-9-24-13-18(23-20(24)15(25)2)12-19(26)22-17-7-4-8-17/h3,5-6,11,13,15,17H,4,7-10,12H2,1-2H3,(H,22,26). The van der Waals surface area contributed by atoms with Gasteiger partial charge in [0.1, 0.15) is 5.82 Å². The number of rotatable bonds is 4. The first kappa shape index (κ1) is 17.8. The molecular formula is C21H26N4O2. The fourth-order valence-corrected chi connectivity index (χ4v) is 3.85. The number of carbonyl (C=O) groups is 2. The third kappa shape index (κ3) is 3.61. The van der Waals surface area contributed by atoms with E-state index in [9.17, 15) is 9.59 Å². The van der Waals surface area contributed by atoms with Gasteiger partial charge in [-0.25, -0.2) is 4.98 Å². The number of fused-ring (bicyclic) bond motifs is 1. The molecule has 6 heteroatoms. The SMILES string of the molecule is Cc1cccc(C(=O)N2CCn3cc(CC(=O)NC4CCC4)nc3C2C)c1.